The maximum atomic E-state index is 5.47. The van der Waals surface area contributed by atoms with Crippen molar-refractivity contribution in [1.82, 2.24) is 0 Å². The van der Waals surface area contributed by atoms with Crippen LogP contribution in [-0.4, -0.2) is 33.5 Å². The zero-order valence-corrected chi connectivity index (χ0v) is 10.9. The van der Waals surface area contributed by atoms with Crippen LogP contribution in [0.2, 0.25) is 0 Å². The molecule has 1 rings (SSSR count). The molecule has 0 heterocycles. The molecule has 84 valence electrons. The molecule has 0 fully saturated rings. The maximum absolute atomic E-state index is 5.47. The summed E-state index contributed by atoms with van der Waals surface area (Å²) >= 11 is 2.26. The number of benzene rings is 1. The van der Waals surface area contributed by atoms with Gasteiger partial charge in [0.1, 0.15) is 12.4 Å². The van der Waals surface area contributed by atoms with Crippen molar-refractivity contribution in [2.75, 3.05) is 33.5 Å². The van der Waals surface area contributed by atoms with Gasteiger partial charge in [0.15, 0.2) is 0 Å². The monoisotopic (exact) mass is 322 g/mol. The summed E-state index contributed by atoms with van der Waals surface area (Å²) in [4.78, 5) is 0. The topological polar surface area (TPSA) is 27.7 Å². The lowest BCUT2D eigenvalue weighted by molar-refractivity contribution is 0.0544. The van der Waals surface area contributed by atoms with Crippen LogP contribution in [0.25, 0.3) is 0 Å². The van der Waals surface area contributed by atoms with Crippen molar-refractivity contribution >= 4 is 22.6 Å². The van der Waals surface area contributed by atoms with Crippen molar-refractivity contribution in [3.05, 3.63) is 27.8 Å². The van der Waals surface area contributed by atoms with Crippen molar-refractivity contribution in [1.29, 1.82) is 0 Å². The fraction of sp³-hybridized carbons (Fsp3) is 0.455. The summed E-state index contributed by atoms with van der Waals surface area (Å²) in [5.74, 6) is 0.880. The van der Waals surface area contributed by atoms with Crippen LogP contribution in [0.4, 0.5) is 0 Å². The second-order valence-electron chi connectivity index (χ2n) is 2.91. The number of methoxy groups -OCH3 is 1. The van der Waals surface area contributed by atoms with Crippen molar-refractivity contribution < 1.29 is 14.2 Å². The van der Waals surface area contributed by atoms with E-state index in [9.17, 15) is 0 Å². The minimum atomic E-state index is 0.574. The summed E-state index contributed by atoms with van der Waals surface area (Å²) in [6.07, 6.45) is 0. The van der Waals surface area contributed by atoms with Crippen molar-refractivity contribution in [3.8, 4) is 5.75 Å². The van der Waals surface area contributed by atoms with Crippen LogP contribution in [0.1, 0.15) is 0 Å². The highest BCUT2D eigenvalue weighted by Crippen LogP contribution is 2.13. The van der Waals surface area contributed by atoms with E-state index >= 15 is 0 Å². The first kappa shape index (κ1) is 12.7. The van der Waals surface area contributed by atoms with Gasteiger partial charge in [-0.1, -0.05) is 0 Å². The molecule has 4 heteroatoms. The lowest BCUT2D eigenvalue weighted by Crippen LogP contribution is -2.09. The first-order valence-electron chi connectivity index (χ1n) is 4.78. The first-order chi connectivity index (χ1) is 7.33. The largest absolute Gasteiger partial charge is 0.491 e. The van der Waals surface area contributed by atoms with Gasteiger partial charge < -0.3 is 14.2 Å². The number of hydrogen-bond donors (Lipinski definition) is 0. The van der Waals surface area contributed by atoms with Crippen LogP contribution in [0.3, 0.4) is 0 Å². The van der Waals surface area contributed by atoms with E-state index in [4.69, 9.17) is 14.2 Å². The van der Waals surface area contributed by atoms with E-state index in [0.29, 0.717) is 26.4 Å². The molecule has 0 saturated carbocycles. The van der Waals surface area contributed by atoms with Gasteiger partial charge in [0.2, 0.25) is 0 Å². The summed E-state index contributed by atoms with van der Waals surface area (Å²) < 4.78 is 16.8. The van der Waals surface area contributed by atoms with Crippen molar-refractivity contribution in [2.45, 2.75) is 0 Å². The SMILES string of the molecule is COCCOCCOc1ccc(I)cc1. The summed E-state index contributed by atoms with van der Waals surface area (Å²) in [7, 11) is 1.66. The summed E-state index contributed by atoms with van der Waals surface area (Å²) in [6, 6.07) is 7.94. The van der Waals surface area contributed by atoms with Crippen LogP contribution >= 0.6 is 22.6 Å². The molecular formula is C11H15IO3. The van der Waals surface area contributed by atoms with Crippen LogP contribution in [0.15, 0.2) is 24.3 Å². The molecule has 0 radical (unpaired) electrons. The van der Waals surface area contributed by atoms with E-state index in [0.717, 1.165) is 5.75 Å². The van der Waals surface area contributed by atoms with E-state index in [-0.39, 0.29) is 0 Å². The molecule has 0 aromatic heterocycles. The fourth-order valence-corrected chi connectivity index (χ4v) is 1.35. The smallest absolute Gasteiger partial charge is 0.119 e. The Morgan fingerprint density at radius 3 is 2.33 bits per heavy atom. The molecule has 0 saturated heterocycles. The van der Waals surface area contributed by atoms with Gasteiger partial charge >= 0.3 is 0 Å². The van der Waals surface area contributed by atoms with E-state index < -0.39 is 0 Å². The molecule has 15 heavy (non-hydrogen) atoms. The fourth-order valence-electron chi connectivity index (χ4n) is 0.994. The van der Waals surface area contributed by atoms with Gasteiger partial charge in [0, 0.05) is 10.7 Å². The number of hydrogen-bond acceptors (Lipinski definition) is 3. The average molecular weight is 322 g/mol. The molecule has 0 aliphatic heterocycles. The Labute approximate surface area is 104 Å². The van der Waals surface area contributed by atoms with Crippen molar-refractivity contribution in [3.63, 3.8) is 0 Å². The average Bonchev–Trinajstić information content (AvgIpc) is 2.26. The predicted octanol–water partition coefficient (Wildman–Crippen LogP) is 2.33. The molecule has 1 aromatic rings. The molecule has 1 aromatic carbocycles. The molecule has 0 aliphatic rings. The van der Waals surface area contributed by atoms with E-state index in [1.54, 1.807) is 7.11 Å². The minimum Gasteiger partial charge on any atom is -0.491 e. The van der Waals surface area contributed by atoms with Gasteiger partial charge in [-0.15, -0.1) is 0 Å². The molecule has 0 N–H and O–H groups in total. The van der Waals surface area contributed by atoms with Gasteiger partial charge in [-0.25, -0.2) is 0 Å². The highest BCUT2D eigenvalue weighted by Gasteiger charge is 1.93. The number of halogens is 1. The molecule has 0 atom stereocenters. The highest BCUT2D eigenvalue weighted by atomic mass is 127. The van der Waals surface area contributed by atoms with Crippen molar-refractivity contribution in [2.24, 2.45) is 0 Å². The first-order valence-corrected chi connectivity index (χ1v) is 5.86. The summed E-state index contributed by atoms with van der Waals surface area (Å²) in [5.41, 5.74) is 0. The molecule has 0 unspecified atom stereocenters. The Balaban J connectivity index is 2.07. The third-order valence-electron chi connectivity index (χ3n) is 1.74. The third kappa shape index (κ3) is 5.96. The maximum Gasteiger partial charge on any atom is 0.119 e. The molecule has 0 bridgehead atoms. The molecule has 0 spiro atoms. The van der Waals surface area contributed by atoms with Crippen LogP contribution in [0.5, 0.6) is 5.75 Å². The van der Waals surface area contributed by atoms with Crippen LogP contribution in [-0.2, 0) is 9.47 Å². The van der Waals surface area contributed by atoms with Gasteiger partial charge in [0.25, 0.3) is 0 Å². The van der Waals surface area contributed by atoms with Crippen LogP contribution < -0.4 is 4.74 Å². The zero-order chi connectivity index (χ0) is 10.9. The molecule has 3 nitrogen and oxygen atoms in total. The normalized spacial score (nSPS) is 10.3. The summed E-state index contributed by atoms with van der Waals surface area (Å²) in [6.45, 7) is 2.41. The number of rotatable bonds is 7. The van der Waals surface area contributed by atoms with Gasteiger partial charge in [-0.2, -0.15) is 0 Å². The van der Waals surface area contributed by atoms with Gasteiger partial charge in [-0.3, -0.25) is 0 Å². The molecule has 0 amide bonds. The highest BCUT2D eigenvalue weighted by molar-refractivity contribution is 14.1. The van der Waals surface area contributed by atoms with E-state index in [1.807, 2.05) is 24.3 Å². The molecule has 0 aliphatic carbocycles. The Kier molecular flexibility index (Phi) is 6.71. The number of ether oxygens (including phenoxy) is 3. The van der Waals surface area contributed by atoms with Gasteiger partial charge in [-0.05, 0) is 46.9 Å². The lowest BCUT2D eigenvalue weighted by atomic mass is 10.3. The van der Waals surface area contributed by atoms with Crippen LogP contribution in [0, 0.1) is 3.57 Å². The summed E-state index contributed by atoms with van der Waals surface area (Å²) in [5, 5.41) is 0. The Morgan fingerprint density at radius 2 is 1.67 bits per heavy atom. The quantitative estimate of drug-likeness (QED) is 0.570. The Hall–Kier alpha value is -0.330. The second-order valence-corrected chi connectivity index (χ2v) is 4.15. The standard InChI is InChI=1S/C11H15IO3/c1-13-6-7-14-8-9-15-11-4-2-10(12)3-5-11/h2-5H,6-9H2,1H3. The Bertz CT molecular complexity index is 261. The second kappa shape index (κ2) is 7.90. The third-order valence-corrected chi connectivity index (χ3v) is 2.46. The van der Waals surface area contributed by atoms with E-state index in [1.165, 1.54) is 3.57 Å². The predicted molar refractivity (Wildman–Crippen MR) is 67.3 cm³/mol. The molecular weight excluding hydrogens is 307 g/mol. The Morgan fingerprint density at radius 1 is 1.00 bits per heavy atom. The van der Waals surface area contributed by atoms with E-state index in [2.05, 4.69) is 22.6 Å². The minimum absolute atomic E-state index is 0.574. The van der Waals surface area contributed by atoms with Gasteiger partial charge in [0.05, 0.1) is 19.8 Å². The lowest BCUT2D eigenvalue weighted by Gasteiger charge is -2.06. The zero-order valence-electron chi connectivity index (χ0n) is 8.74.